The third-order valence-electron chi connectivity index (χ3n) is 3.40. The maximum atomic E-state index is 12.6. The van der Waals surface area contributed by atoms with Crippen LogP contribution >= 0.6 is 34.5 Å². The molecule has 1 heterocycles. The van der Waals surface area contributed by atoms with E-state index in [-0.39, 0.29) is 5.56 Å². The predicted molar refractivity (Wildman–Crippen MR) is 97.0 cm³/mol. The largest absolute Gasteiger partial charge is 0.416 e. The number of anilines is 1. The first-order valence-electron chi connectivity index (χ1n) is 7.13. The van der Waals surface area contributed by atoms with E-state index in [0.29, 0.717) is 26.4 Å². The van der Waals surface area contributed by atoms with E-state index in [1.54, 1.807) is 23.6 Å². The Morgan fingerprint density at radius 3 is 2.42 bits per heavy atom. The molecule has 1 amide bonds. The van der Waals surface area contributed by atoms with Crippen LogP contribution in [-0.2, 0) is 6.18 Å². The average molecular weight is 417 g/mol. The number of halogens is 5. The maximum Gasteiger partial charge on any atom is 0.416 e. The van der Waals surface area contributed by atoms with Gasteiger partial charge in [-0.15, -0.1) is 11.3 Å². The van der Waals surface area contributed by atoms with Crippen LogP contribution in [0.5, 0.6) is 0 Å². The predicted octanol–water partition coefficient (Wildman–Crippen LogP) is 6.39. The second kappa shape index (κ2) is 7.26. The summed E-state index contributed by atoms with van der Waals surface area (Å²) in [6.45, 7) is 0. The minimum atomic E-state index is -4.45. The molecule has 0 aliphatic heterocycles. The quantitative estimate of drug-likeness (QED) is 0.537. The summed E-state index contributed by atoms with van der Waals surface area (Å²) < 4.78 is 37.7. The van der Waals surface area contributed by atoms with Gasteiger partial charge in [0.1, 0.15) is 0 Å². The molecule has 0 saturated heterocycles. The number of carbonyl (C=O) groups excluding carboxylic acids is 1. The Morgan fingerprint density at radius 1 is 1.08 bits per heavy atom. The molecule has 26 heavy (non-hydrogen) atoms. The number of aromatic nitrogens is 1. The van der Waals surface area contributed by atoms with Crippen molar-refractivity contribution in [2.75, 3.05) is 5.32 Å². The molecule has 0 bridgehead atoms. The van der Waals surface area contributed by atoms with Crippen molar-refractivity contribution in [2.24, 2.45) is 0 Å². The second-order valence-corrected chi connectivity index (χ2v) is 6.89. The average Bonchev–Trinajstić information content (AvgIpc) is 3.04. The van der Waals surface area contributed by atoms with Crippen molar-refractivity contribution in [3.05, 3.63) is 69.0 Å². The van der Waals surface area contributed by atoms with Gasteiger partial charge < -0.3 is 0 Å². The molecule has 1 aromatic heterocycles. The lowest BCUT2D eigenvalue weighted by Crippen LogP contribution is -2.12. The standard InChI is InChI=1S/C17H9Cl2F3N2OS/c18-11-5-6-13(19)12(7-11)14-8-26-16(23-14)24-15(25)9-1-3-10(4-2-9)17(20,21)22/h1-8H,(H,23,24,25). The number of nitrogens with one attached hydrogen (secondary N) is 1. The van der Waals surface area contributed by atoms with E-state index in [2.05, 4.69) is 10.3 Å². The molecule has 3 aromatic rings. The topological polar surface area (TPSA) is 42.0 Å². The lowest BCUT2D eigenvalue weighted by molar-refractivity contribution is -0.137. The molecule has 0 aliphatic rings. The first-order chi connectivity index (χ1) is 12.2. The third-order valence-corrected chi connectivity index (χ3v) is 4.73. The molecule has 9 heteroatoms. The van der Waals surface area contributed by atoms with Gasteiger partial charge in [0.2, 0.25) is 0 Å². The van der Waals surface area contributed by atoms with Gasteiger partial charge in [0.25, 0.3) is 5.91 Å². The Labute approximate surface area is 160 Å². The summed E-state index contributed by atoms with van der Waals surface area (Å²) in [5.41, 5.74) is 0.424. The minimum Gasteiger partial charge on any atom is -0.298 e. The fourth-order valence-corrected chi connectivity index (χ4v) is 3.22. The maximum absolute atomic E-state index is 12.6. The van der Waals surface area contributed by atoms with Gasteiger partial charge in [-0.2, -0.15) is 13.2 Å². The third kappa shape index (κ3) is 4.17. The zero-order valence-electron chi connectivity index (χ0n) is 12.8. The molecule has 0 aliphatic carbocycles. The SMILES string of the molecule is O=C(Nc1nc(-c2cc(Cl)ccc2Cl)cs1)c1ccc(C(F)(F)F)cc1. The van der Waals surface area contributed by atoms with Crippen LogP contribution in [0.3, 0.4) is 0 Å². The van der Waals surface area contributed by atoms with Crippen LogP contribution in [0.25, 0.3) is 11.3 Å². The van der Waals surface area contributed by atoms with E-state index < -0.39 is 17.6 Å². The highest BCUT2D eigenvalue weighted by Crippen LogP contribution is 2.33. The van der Waals surface area contributed by atoms with Crippen LogP contribution in [0, 0.1) is 0 Å². The molecule has 1 N–H and O–H groups in total. The summed E-state index contributed by atoms with van der Waals surface area (Å²) >= 11 is 13.2. The lowest BCUT2D eigenvalue weighted by Gasteiger charge is -2.07. The monoisotopic (exact) mass is 416 g/mol. The molecule has 2 aromatic carbocycles. The summed E-state index contributed by atoms with van der Waals surface area (Å²) in [6, 6.07) is 8.87. The summed E-state index contributed by atoms with van der Waals surface area (Å²) in [5.74, 6) is -0.559. The zero-order valence-corrected chi connectivity index (χ0v) is 15.1. The van der Waals surface area contributed by atoms with E-state index in [1.807, 2.05) is 0 Å². The molecule has 0 atom stereocenters. The number of rotatable bonds is 3. The fourth-order valence-electron chi connectivity index (χ4n) is 2.13. The number of nitrogens with zero attached hydrogens (tertiary/aromatic N) is 1. The first kappa shape index (κ1) is 18.7. The molecule has 0 unspecified atom stereocenters. The molecule has 3 nitrogen and oxygen atoms in total. The van der Waals surface area contributed by atoms with E-state index in [9.17, 15) is 18.0 Å². The van der Waals surface area contributed by atoms with Gasteiger partial charge in [-0.3, -0.25) is 10.1 Å². The summed E-state index contributed by atoms with van der Waals surface area (Å²) in [7, 11) is 0. The number of amides is 1. The Kier molecular flexibility index (Phi) is 5.22. The van der Waals surface area contributed by atoms with Crippen LogP contribution in [0.4, 0.5) is 18.3 Å². The van der Waals surface area contributed by atoms with E-state index in [4.69, 9.17) is 23.2 Å². The molecule has 0 fully saturated rings. The first-order valence-corrected chi connectivity index (χ1v) is 8.77. The van der Waals surface area contributed by atoms with Crippen molar-refractivity contribution in [3.63, 3.8) is 0 Å². The van der Waals surface area contributed by atoms with Crippen molar-refractivity contribution < 1.29 is 18.0 Å². The number of hydrogen-bond donors (Lipinski definition) is 1. The molecule has 134 valence electrons. The highest BCUT2D eigenvalue weighted by Gasteiger charge is 2.30. The van der Waals surface area contributed by atoms with Crippen LogP contribution in [0.1, 0.15) is 15.9 Å². The van der Waals surface area contributed by atoms with Gasteiger partial charge in [0.05, 0.1) is 16.3 Å². The van der Waals surface area contributed by atoms with Crippen molar-refractivity contribution in [1.29, 1.82) is 0 Å². The summed E-state index contributed by atoms with van der Waals surface area (Å²) in [6.07, 6.45) is -4.45. The van der Waals surface area contributed by atoms with Gasteiger partial charge in [0, 0.05) is 21.5 Å². The Hall–Kier alpha value is -2.09. The second-order valence-electron chi connectivity index (χ2n) is 5.19. The molecule has 0 saturated carbocycles. The van der Waals surface area contributed by atoms with Crippen molar-refractivity contribution >= 4 is 45.6 Å². The lowest BCUT2D eigenvalue weighted by atomic mass is 10.1. The number of thiazole rings is 1. The molecular formula is C17H9Cl2F3N2OS. The van der Waals surface area contributed by atoms with Gasteiger partial charge in [-0.05, 0) is 42.5 Å². The molecule has 0 spiro atoms. The van der Waals surface area contributed by atoms with Crippen LogP contribution in [0.2, 0.25) is 10.0 Å². The van der Waals surface area contributed by atoms with Crippen LogP contribution in [0.15, 0.2) is 47.8 Å². The smallest absolute Gasteiger partial charge is 0.298 e. The molecule has 0 radical (unpaired) electrons. The minimum absolute atomic E-state index is 0.0931. The van der Waals surface area contributed by atoms with E-state index in [1.165, 1.54) is 0 Å². The normalized spacial score (nSPS) is 11.4. The Balaban J connectivity index is 1.77. The van der Waals surface area contributed by atoms with Gasteiger partial charge >= 0.3 is 6.18 Å². The fraction of sp³-hybridized carbons (Fsp3) is 0.0588. The number of benzene rings is 2. The van der Waals surface area contributed by atoms with Crippen LogP contribution < -0.4 is 5.32 Å². The van der Waals surface area contributed by atoms with Gasteiger partial charge in [-0.25, -0.2) is 4.98 Å². The number of hydrogen-bond acceptors (Lipinski definition) is 3. The summed E-state index contributed by atoms with van der Waals surface area (Å²) in [5, 5.41) is 5.49. The van der Waals surface area contributed by atoms with Crippen molar-refractivity contribution in [2.45, 2.75) is 6.18 Å². The van der Waals surface area contributed by atoms with Crippen LogP contribution in [-0.4, -0.2) is 10.9 Å². The zero-order chi connectivity index (χ0) is 18.9. The highest BCUT2D eigenvalue weighted by atomic mass is 35.5. The highest BCUT2D eigenvalue weighted by molar-refractivity contribution is 7.14. The van der Waals surface area contributed by atoms with Gasteiger partial charge in [-0.1, -0.05) is 23.2 Å². The van der Waals surface area contributed by atoms with Crippen molar-refractivity contribution in [1.82, 2.24) is 4.98 Å². The Bertz CT molecular complexity index is 955. The number of alkyl halides is 3. The van der Waals surface area contributed by atoms with E-state index in [0.717, 1.165) is 35.6 Å². The summed E-state index contributed by atoms with van der Waals surface area (Å²) in [4.78, 5) is 16.4. The van der Waals surface area contributed by atoms with Crippen molar-refractivity contribution in [3.8, 4) is 11.3 Å². The molecule has 3 rings (SSSR count). The number of carbonyl (C=O) groups is 1. The Morgan fingerprint density at radius 2 is 1.77 bits per heavy atom. The van der Waals surface area contributed by atoms with E-state index >= 15 is 0 Å². The van der Waals surface area contributed by atoms with Gasteiger partial charge in [0.15, 0.2) is 5.13 Å². The molecular weight excluding hydrogens is 408 g/mol.